The van der Waals surface area contributed by atoms with Crippen molar-refractivity contribution in [2.45, 2.75) is 45.6 Å². The summed E-state index contributed by atoms with van der Waals surface area (Å²) in [5, 5.41) is 0. The molecular weight excluding hydrogens is 234 g/mol. The quantitative estimate of drug-likeness (QED) is 0.841. The highest BCUT2D eigenvalue weighted by Crippen LogP contribution is 2.32. The average molecular weight is 255 g/mol. The molecule has 0 spiro atoms. The highest BCUT2D eigenvalue weighted by Gasteiger charge is 2.19. The van der Waals surface area contributed by atoms with Crippen LogP contribution >= 0.6 is 11.3 Å². The van der Waals surface area contributed by atoms with Crippen molar-refractivity contribution in [3.8, 4) is 0 Å². The Morgan fingerprint density at radius 2 is 2.12 bits per heavy atom. The van der Waals surface area contributed by atoms with Gasteiger partial charge >= 0.3 is 5.97 Å². The van der Waals surface area contributed by atoms with E-state index in [0.717, 1.165) is 4.88 Å². The van der Waals surface area contributed by atoms with Crippen LogP contribution in [0.5, 0.6) is 0 Å². The molecule has 0 aliphatic rings. The molecule has 17 heavy (non-hydrogen) atoms. The molecular formula is C13H21NO2S. The maximum atomic E-state index is 11.3. The van der Waals surface area contributed by atoms with Gasteiger partial charge in [0.15, 0.2) is 0 Å². The van der Waals surface area contributed by atoms with E-state index < -0.39 is 0 Å². The molecule has 0 amide bonds. The summed E-state index contributed by atoms with van der Waals surface area (Å²) in [7, 11) is 0. The third-order valence-corrected chi connectivity index (χ3v) is 4.07. The van der Waals surface area contributed by atoms with Gasteiger partial charge in [0, 0.05) is 15.8 Å². The van der Waals surface area contributed by atoms with Gasteiger partial charge in [-0.3, -0.25) is 4.79 Å². The van der Waals surface area contributed by atoms with Crippen LogP contribution in [0.3, 0.4) is 0 Å². The lowest BCUT2D eigenvalue weighted by atomic mass is 9.95. The van der Waals surface area contributed by atoms with E-state index in [9.17, 15) is 4.79 Å². The molecule has 1 heterocycles. The molecule has 0 bridgehead atoms. The van der Waals surface area contributed by atoms with Gasteiger partial charge in [0.05, 0.1) is 13.0 Å². The summed E-state index contributed by atoms with van der Waals surface area (Å²) in [4.78, 5) is 13.7. The van der Waals surface area contributed by atoms with Crippen LogP contribution in [0, 0.1) is 0 Å². The zero-order valence-corrected chi connectivity index (χ0v) is 11.8. The highest BCUT2D eigenvalue weighted by atomic mass is 32.1. The number of nitrogens with two attached hydrogens (primary N) is 1. The van der Waals surface area contributed by atoms with Crippen molar-refractivity contribution in [1.82, 2.24) is 0 Å². The molecule has 3 nitrogen and oxygen atoms in total. The summed E-state index contributed by atoms with van der Waals surface area (Å²) in [6.07, 6.45) is 0.248. The fourth-order valence-corrected chi connectivity index (χ4v) is 2.52. The number of rotatable bonds is 4. The number of ether oxygens (including phenoxy) is 1. The monoisotopic (exact) mass is 255 g/mol. The Morgan fingerprint density at radius 1 is 1.47 bits per heavy atom. The predicted molar refractivity (Wildman–Crippen MR) is 71.2 cm³/mol. The fraction of sp³-hybridized carbons (Fsp3) is 0.615. The van der Waals surface area contributed by atoms with Crippen molar-refractivity contribution >= 4 is 17.3 Å². The van der Waals surface area contributed by atoms with E-state index in [0.29, 0.717) is 6.61 Å². The van der Waals surface area contributed by atoms with E-state index in [1.165, 1.54) is 4.88 Å². The van der Waals surface area contributed by atoms with E-state index in [1.54, 1.807) is 18.3 Å². The second kappa shape index (κ2) is 5.65. The topological polar surface area (TPSA) is 52.3 Å². The first-order valence-corrected chi connectivity index (χ1v) is 6.67. The van der Waals surface area contributed by atoms with Gasteiger partial charge in [-0.15, -0.1) is 11.3 Å². The van der Waals surface area contributed by atoms with Gasteiger partial charge in [0.2, 0.25) is 0 Å². The molecule has 0 aromatic carbocycles. The number of carbonyl (C=O) groups excluding carboxylic acids is 1. The molecule has 1 atom stereocenters. The standard InChI is InChI=1S/C13H21NO2S/c1-5-16-12(15)8-9(14)10-6-7-11(17-10)13(2,3)4/h6-7,9H,5,8,14H2,1-4H3/t9-/m1/s1. The summed E-state index contributed by atoms with van der Waals surface area (Å²) in [6.45, 7) is 8.70. The molecule has 4 heteroatoms. The zero-order chi connectivity index (χ0) is 13.1. The maximum Gasteiger partial charge on any atom is 0.307 e. The van der Waals surface area contributed by atoms with Crippen molar-refractivity contribution in [2.75, 3.05) is 6.61 Å². The number of carbonyl (C=O) groups is 1. The van der Waals surface area contributed by atoms with Crippen LogP contribution in [0.2, 0.25) is 0 Å². The van der Waals surface area contributed by atoms with Crippen molar-refractivity contribution in [3.63, 3.8) is 0 Å². The van der Waals surface area contributed by atoms with Crippen molar-refractivity contribution < 1.29 is 9.53 Å². The fourth-order valence-electron chi connectivity index (χ4n) is 1.46. The Bertz CT molecular complexity index is 379. The normalized spacial score (nSPS) is 13.5. The van der Waals surface area contributed by atoms with Crippen LogP contribution in [0.15, 0.2) is 12.1 Å². The molecule has 1 aromatic heterocycles. The second-order valence-corrected chi connectivity index (χ2v) is 6.18. The Balaban J connectivity index is 2.67. The van der Waals surface area contributed by atoms with Crippen molar-refractivity contribution in [3.05, 3.63) is 21.9 Å². The van der Waals surface area contributed by atoms with Gasteiger partial charge in [-0.2, -0.15) is 0 Å². The lowest BCUT2D eigenvalue weighted by Gasteiger charge is -2.15. The lowest BCUT2D eigenvalue weighted by molar-refractivity contribution is -0.143. The maximum absolute atomic E-state index is 11.3. The first-order chi connectivity index (χ1) is 7.84. The molecule has 0 saturated carbocycles. The van der Waals surface area contributed by atoms with Gasteiger partial charge < -0.3 is 10.5 Å². The van der Waals surface area contributed by atoms with Crippen LogP contribution in [0.25, 0.3) is 0 Å². The molecule has 1 rings (SSSR count). The Kier molecular flexibility index (Phi) is 4.71. The van der Waals surface area contributed by atoms with Crippen molar-refractivity contribution in [2.24, 2.45) is 5.73 Å². The summed E-state index contributed by atoms with van der Waals surface area (Å²) < 4.78 is 4.89. The molecule has 96 valence electrons. The number of hydrogen-bond donors (Lipinski definition) is 1. The van der Waals surface area contributed by atoms with E-state index in [-0.39, 0.29) is 23.8 Å². The third-order valence-electron chi connectivity index (χ3n) is 2.42. The van der Waals surface area contributed by atoms with E-state index in [4.69, 9.17) is 10.5 Å². The molecule has 0 radical (unpaired) electrons. The lowest BCUT2D eigenvalue weighted by Crippen LogP contribution is -2.16. The largest absolute Gasteiger partial charge is 0.466 e. The summed E-state index contributed by atoms with van der Waals surface area (Å²) in [5.41, 5.74) is 6.12. The van der Waals surface area contributed by atoms with Crippen molar-refractivity contribution in [1.29, 1.82) is 0 Å². The summed E-state index contributed by atoms with van der Waals surface area (Å²) in [5.74, 6) is -0.231. The molecule has 2 N–H and O–H groups in total. The van der Waals surface area contributed by atoms with Gasteiger partial charge in [0.1, 0.15) is 0 Å². The van der Waals surface area contributed by atoms with Crippen LogP contribution in [0.4, 0.5) is 0 Å². The number of esters is 1. The minimum Gasteiger partial charge on any atom is -0.466 e. The summed E-state index contributed by atoms with van der Waals surface area (Å²) >= 11 is 1.68. The van der Waals surface area contributed by atoms with Crippen LogP contribution in [-0.2, 0) is 14.9 Å². The van der Waals surface area contributed by atoms with Gasteiger partial charge in [-0.05, 0) is 24.5 Å². The summed E-state index contributed by atoms with van der Waals surface area (Å²) in [6, 6.07) is 3.84. The first kappa shape index (κ1) is 14.2. The van der Waals surface area contributed by atoms with E-state index in [2.05, 4.69) is 26.8 Å². The second-order valence-electron chi connectivity index (χ2n) is 5.07. The Hall–Kier alpha value is -0.870. The van der Waals surface area contributed by atoms with E-state index >= 15 is 0 Å². The smallest absolute Gasteiger partial charge is 0.307 e. The van der Waals surface area contributed by atoms with Crippen LogP contribution in [-0.4, -0.2) is 12.6 Å². The minimum atomic E-state index is -0.254. The predicted octanol–water partition coefficient (Wildman–Crippen LogP) is 3.00. The first-order valence-electron chi connectivity index (χ1n) is 5.86. The molecule has 0 saturated heterocycles. The average Bonchev–Trinajstić information content (AvgIpc) is 2.65. The molecule has 0 aliphatic heterocycles. The number of hydrogen-bond acceptors (Lipinski definition) is 4. The Labute approximate surface area is 107 Å². The number of thiophene rings is 1. The van der Waals surface area contributed by atoms with Gasteiger partial charge in [-0.25, -0.2) is 0 Å². The molecule has 0 aliphatic carbocycles. The molecule has 0 unspecified atom stereocenters. The Morgan fingerprint density at radius 3 is 2.59 bits per heavy atom. The molecule has 0 fully saturated rings. The van der Waals surface area contributed by atoms with E-state index in [1.807, 2.05) is 6.07 Å². The highest BCUT2D eigenvalue weighted by molar-refractivity contribution is 7.12. The van der Waals surface area contributed by atoms with Gasteiger partial charge in [-0.1, -0.05) is 20.8 Å². The van der Waals surface area contributed by atoms with Crippen LogP contribution in [0.1, 0.15) is 49.9 Å². The zero-order valence-electron chi connectivity index (χ0n) is 10.9. The van der Waals surface area contributed by atoms with Crippen LogP contribution < -0.4 is 5.73 Å². The third kappa shape index (κ3) is 4.13. The minimum absolute atomic E-state index is 0.132. The SMILES string of the molecule is CCOC(=O)C[C@@H](N)c1ccc(C(C)(C)C)s1. The molecule has 1 aromatic rings. The van der Waals surface area contributed by atoms with Gasteiger partial charge in [0.25, 0.3) is 0 Å².